The number of aromatic nitrogens is 5. The molecule has 0 amide bonds. The molecule has 0 saturated carbocycles. The zero-order chi connectivity index (χ0) is 25.3. The maximum atomic E-state index is 12.0. The van der Waals surface area contributed by atoms with Gasteiger partial charge in [0.05, 0.1) is 28.2 Å². The van der Waals surface area contributed by atoms with Crippen LogP contribution in [-0.4, -0.2) is 69.7 Å². The van der Waals surface area contributed by atoms with Crippen molar-refractivity contribution in [2.75, 3.05) is 24.7 Å². The lowest BCUT2D eigenvalue weighted by Gasteiger charge is -2.36. The van der Waals surface area contributed by atoms with Gasteiger partial charge in [0.15, 0.2) is 15.5 Å². The standard InChI is InChI=1S/C25H27N7O3S/c1-17-10-18(12-26-11-17)23(15-33)31-9-3-4-19(14-31)30-24-22-13-29-32(25(22)28-16-27-24)20-5-7-21(8-6-20)36(2,34)35/h5-8,10-13,15-16,19,23H,3-4,9,14H2,1-2H3,(H,27,28,30). The summed E-state index contributed by atoms with van der Waals surface area (Å²) in [4.78, 5) is 27.6. The van der Waals surface area contributed by atoms with Crippen LogP contribution in [0, 0.1) is 6.92 Å². The van der Waals surface area contributed by atoms with E-state index in [1.165, 1.54) is 12.6 Å². The maximum Gasteiger partial charge on any atom is 0.175 e. The number of benzene rings is 1. The number of sulfone groups is 1. The number of nitrogens with zero attached hydrogens (tertiary/aromatic N) is 6. The molecule has 186 valence electrons. The Hall–Kier alpha value is -3.70. The number of nitrogens with one attached hydrogen (secondary N) is 1. The number of aldehydes is 1. The van der Waals surface area contributed by atoms with Crippen LogP contribution in [-0.2, 0) is 14.6 Å². The Morgan fingerprint density at radius 2 is 1.94 bits per heavy atom. The lowest BCUT2D eigenvalue weighted by atomic mass is 10.0. The average Bonchev–Trinajstić information content (AvgIpc) is 3.30. The van der Waals surface area contributed by atoms with Gasteiger partial charge in [-0.1, -0.05) is 6.07 Å². The molecule has 11 heteroatoms. The summed E-state index contributed by atoms with van der Waals surface area (Å²) in [5, 5.41) is 8.77. The van der Waals surface area contributed by atoms with Gasteiger partial charge < -0.3 is 10.1 Å². The Morgan fingerprint density at radius 1 is 1.14 bits per heavy atom. The van der Waals surface area contributed by atoms with Crippen LogP contribution in [0.1, 0.15) is 30.0 Å². The second-order valence-corrected chi connectivity index (χ2v) is 11.2. The molecule has 1 N–H and O–H groups in total. The number of carbonyl (C=O) groups excluding carboxylic acids is 1. The Labute approximate surface area is 209 Å². The van der Waals surface area contributed by atoms with Crippen molar-refractivity contribution in [3.8, 4) is 5.69 Å². The second-order valence-electron chi connectivity index (χ2n) is 9.14. The largest absolute Gasteiger partial charge is 0.365 e. The van der Waals surface area contributed by atoms with E-state index >= 15 is 0 Å². The number of hydrogen-bond acceptors (Lipinski definition) is 9. The van der Waals surface area contributed by atoms with Gasteiger partial charge in [-0.15, -0.1) is 0 Å². The van der Waals surface area contributed by atoms with E-state index in [-0.39, 0.29) is 17.0 Å². The molecule has 2 unspecified atom stereocenters. The molecule has 4 aromatic rings. The van der Waals surface area contributed by atoms with E-state index < -0.39 is 9.84 Å². The van der Waals surface area contributed by atoms with Crippen LogP contribution < -0.4 is 5.32 Å². The third kappa shape index (κ3) is 4.84. The fourth-order valence-electron chi connectivity index (χ4n) is 4.67. The van der Waals surface area contributed by atoms with Crippen LogP contribution in [0.4, 0.5) is 5.82 Å². The highest BCUT2D eigenvalue weighted by atomic mass is 32.2. The monoisotopic (exact) mass is 505 g/mol. The van der Waals surface area contributed by atoms with Crippen LogP contribution in [0.3, 0.4) is 0 Å². The minimum Gasteiger partial charge on any atom is -0.365 e. The zero-order valence-corrected chi connectivity index (χ0v) is 20.9. The first-order valence-electron chi connectivity index (χ1n) is 11.7. The van der Waals surface area contributed by atoms with Gasteiger partial charge in [0, 0.05) is 31.2 Å². The topological polar surface area (TPSA) is 123 Å². The van der Waals surface area contributed by atoms with E-state index in [2.05, 4.69) is 30.3 Å². The molecule has 0 aliphatic carbocycles. The van der Waals surface area contributed by atoms with E-state index in [1.807, 2.05) is 13.0 Å². The molecule has 2 atom stereocenters. The molecule has 0 bridgehead atoms. The van der Waals surface area contributed by atoms with Crippen molar-refractivity contribution >= 4 is 33.0 Å². The smallest absolute Gasteiger partial charge is 0.175 e. The molecule has 1 aliphatic rings. The van der Waals surface area contributed by atoms with Crippen molar-refractivity contribution in [3.05, 3.63) is 66.4 Å². The molecule has 4 heterocycles. The Morgan fingerprint density at radius 3 is 2.67 bits per heavy atom. The van der Waals surface area contributed by atoms with E-state index in [9.17, 15) is 13.2 Å². The van der Waals surface area contributed by atoms with Gasteiger partial charge in [-0.2, -0.15) is 5.10 Å². The van der Waals surface area contributed by atoms with Crippen molar-refractivity contribution in [3.63, 3.8) is 0 Å². The number of anilines is 1. The lowest BCUT2D eigenvalue weighted by molar-refractivity contribution is -0.113. The second kappa shape index (κ2) is 9.75. The van der Waals surface area contributed by atoms with Crippen molar-refractivity contribution in [1.29, 1.82) is 0 Å². The number of carbonyl (C=O) groups is 1. The van der Waals surface area contributed by atoms with Crippen molar-refractivity contribution in [1.82, 2.24) is 29.6 Å². The molecule has 1 saturated heterocycles. The van der Waals surface area contributed by atoms with Gasteiger partial charge in [0.2, 0.25) is 0 Å². The summed E-state index contributed by atoms with van der Waals surface area (Å²) < 4.78 is 25.2. The van der Waals surface area contributed by atoms with Crippen LogP contribution >= 0.6 is 0 Å². The number of hydrogen-bond donors (Lipinski definition) is 1. The maximum absolute atomic E-state index is 12.0. The summed E-state index contributed by atoms with van der Waals surface area (Å²) in [6, 6.07) is 8.28. The number of aryl methyl sites for hydroxylation is 1. The summed E-state index contributed by atoms with van der Waals surface area (Å²) >= 11 is 0. The summed E-state index contributed by atoms with van der Waals surface area (Å²) in [6.07, 6.45) is 10.8. The molecule has 36 heavy (non-hydrogen) atoms. The molecular weight excluding hydrogens is 478 g/mol. The third-order valence-corrected chi connectivity index (χ3v) is 7.56. The summed E-state index contributed by atoms with van der Waals surface area (Å²) in [6.45, 7) is 3.49. The highest BCUT2D eigenvalue weighted by Crippen LogP contribution is 2.27. The van der Waals surface area contributed by atoms with Crippen molar-refractivity contribution in [2.24, 2.45) is 0 Å². The van der Waals surface area contributed by atoms with E-state index in [0.29, 0.717) is 23.7 Å². The van der Waals surface area contributed by atoms with Gasteiger partial charge >= 0.3 is 0 Å². The quantitative estimate of drug-likeness (QED) is 0.378. The minimum absolute atomic E-state index is 0.0921. The zero-order valence-electron chi connectivity index (χ0n) is 20.1. The van der Waals surface area contributed by atoms with Gasteiger partial charge in [0.1, 0.15) is 18.4 Å². The van der Waals surface area contributed by atoms with Crippen LogP contribution in [0.2, 0.25) is 0 Å². The van der Waals surface area contributed by atoms with E-state index in [1.54, 1.807) is 47.5 Å². The normalized spacial score (nSPS) is 17.7. The van der Waals surface area contributed by atoms with Gasteiger partial charge in [-0.25, -0.2) is 23.1 Å². The molecule has 3 aromatic heterocycles. The first kappa shape index (κ1) is 24.0. The van der Waals surface area contributed by atoms with Crippen LogP contribution in [0.15, 0.2) is 60.1 Å². The van der Waals surface area contributed by atoms with Gasteiger partial charge in [-0.05, 0) is 61.7 Å². The number of rotatable bonds is 7. The predicted molar refractivity (Wildman–Crippen MR) is 136 cm³/mol. The van der Waals surface area contributed by atoms with Crippen molar-refractivity contribution < 1.29 is 13.2 Å². The Bertz CT molecular complexity index is 1500. The number of likely N-dealkylation sites (tertiary alicyclic amines) is 1. The number of fused-ring (bicyclic) bond motifs is 1. The molecule has 5 rings (SSSR count). The molecule has 0 radical (unpaired) electrons. The summed E-state index contributed by atoms with van der Waals surface area (Å²) in [5.74, 6) is 0.672. The van der Waals surface area contributed by atoms with Crippen LogP contribution in [0.25, 0.3) is 16.7 Å². The molecule has 1 aliphatic heterocycles. The minimum atomic E-state index is -3.28. The number of pyridine rings is 1. The fraction of sp³-hybridized carbons (Fsp3) is 0.320. The molecule has 1 fully saturated rings. The first-order valence-corrected chi connectivity index (χ1v) is 13.6. The molecule has 0 spiro atoms. The highest BCUT2D eigenvalue weighted by molar-refractivity contribution is 7.90. The van der Waals surface area contributed by atoms with Gasteiger partial charge in [0.25, 0.3) is 0 Å². The van der Waals surface area contributed by atoms with Gasteiger partial charge in [-0.3, -0.25) is 9.88 Å². The Balaban J connectivity index is 1.37. The fourth-order valence-corrected chi connectivity index (χ4v) is 5.30. The predicted octanol–water partition coefficient (Wildman–Crippen LogP) is 2.74. The molecular formula is C25H27N7O3S. The first-order chi connectivity index (χ1) is 17.3. The number of piperidine rings is 1. The average molecular weight is 506 g/mol. The van der Waals surface area contributed by atoms with E-state index in [4.69, 9.17) is 0 Å². The van der Waals surface area contributed by atoms with Crippen LogP contribution in [0.5, 0.6) is 0 Å². The summed E-state index contributed by atoms with van der Waals surface area (Å²) in [5.41, 5.74) is 3.24. The summed E-state index contributed by atoms with van der Waals surface area (Å²) in [7, 11) is -3.28. The Kier molecular flexibility index (Phi) is 6.50. The van der Waals surface area contributed by atoms with E-state index in [0.717, 1.165) is 42.2 Å². The SMILES string of the molecule is Cc1cncc(C(C=O)N2CCCC(Nc3ncnc4c3cnn4-c3ccc(S(C)(=O)=O)cc3)C2)c1. The molecule has 1 aromatic carbocycles. The lowest BCUT2D eigenvalue weighted by Crippen LogP contribution is -2.44. The molecule has 10 nitrogen and oxygen atoms in total. The highest BCUT2D eigenvalue weighted by Gasteiger charge is 2.28. The van der Waals surface area contributed by atoms with Crippen molar-refractivity contribution in [2.45, 2.75) is 36.7 Å². The third-order valence-electron chi connectivity index (χ3n) is 6.43.